The van der Waals surface area contributed by atoms with Crippen LogP contribution in [0.25, 0.3) is 0 Å². The number of phosphoric ester groups is 1. The Morgan fingerprint density at radius 2 is 1.62 bits per heavy atom. The Bertz CT molecular complexity index is 737. The van der Waals surface area contributed by atoms with E-state index >= 15 is 0 Å². The molecule has 1 N–H and O–H groups in total. The molecule has 0 heterocycles. The average molecular weight is 350 g/mol. The topological polar surface area (TPSA) is 82.1 Å². The first-order valence-corrected chi connectivity index (χ1v) is 8.86. The first-order valence-electron chi connectivity index (χ1n) is 7.36. The van der Waals surface area contributed by atoms with Crippen molar-refractivity contribution >= 4 is 13.8 Å². The molecule has 1 atom stereocenters. The molecule has 24 heavy (non-hydrogen) atoms. The van der Waals surface area contributed by atoms with Crippen LogP contribution in [0, 0.1) is 6.92 Å². The smallest absolute Gasteiger partial charge is 0.402 e. The molecule has 2 aromatic rings. The molecule has 0 aromatic heterocycles. The second-order valence-electron chi connectivity index (χ2n) is 5.59. The zero-order valence-electron chi connectivity index (χ0n) is 13.6. The number of carbonyl (C=O) groups is 1. The standard InChI is InChI=1S/C17H19O6P/c1-12(2)14-6-8-15(9-7-14)17(18)21-23-24(19,20)22-16-10-4-13(3)5-11-16/h4-12H,1-3H3,(H,19,20). The summed E-state index contributed by atoms with van der Waals surface area (Å²) in [5.74, 6) is -0.428. The number of benzene rings is 2. The van der Waals surface area contributed by atoms with Gasteiger partial charge in [-0.25, -0.2) is 9.36 Å². The fraction of sp³-hybridized carbons (Fsp3) is 0.235. The van der Waals surface area contributed by atoms with Gasteiger partial charge in [-0.2, -0.15) is 0 Å². The van der Waals surface area contributed by atoms with Crippen LogP contribution in [0.4, 0.5) is 0 Å². The van der Waals surface area contributed by atoms with Crippen LogP contribution in [-0.2, 0) is 14.1 Å². The predicted molar refractivity (Wildman–Crippen MR) is 88.7 cm³/mol. The van der Waals surface area contributed by atoms with Crippen LogP contribution in [-0.4, -0.2) is 10.9 Å². The van der Waals surface area contributed by atoms with Crippen molar-refractivity contribution < 1.29 is 28.3 Å². The quantitative estimate of drug-likeness (QED) is 0.473. The molecule has 0 aliphatic rings. The molecule has 0 fully saturated rings. The normalized spacial score (nSPS) is 13.4. The zero-order valence-corrected chi connectivity index (χ0v) is 14.5. The molecule has 0 saturated heterocycles. The summed E-state index contributed by atoms with van der Waals surface area (Å²) in [6.07, 6.45) is 0. The SMILES string of the molecule is Cc1ccc(OP(=O)(O)OOC(=O)c2ccc(C(C)C)cc2)cc1. The van der Waals surface area contributed by atoms with Crippen LogP contribution in [0.15, 0.2) is 48.5 Å². The minimum absolute atomic E-state index is 0.128. The van der Waals surface area contributed by atoms with Crippen LogP contribution in [0.2, 0.25) is 0 Å². The average Bonchev–Trinajstić information content (AvgIpc) is 2.55. The lowest BCUT2D eigenvalue weighted by atomic mass is 10.0. The zero-order chi connectivity index (χ0) is 17.7. The minimum atomic E-state index is -4.57. The molecule has 0 amide bonds. The largest absolute Gasteiger partial charge is 0.564 e. The van der Waals surface area contributed by atoms with Crippen LogP contribution in [0.3, 0.4) is 0 Å². The molecular weight excluding hydrogens is 331 g/mol. The van der Waals surface area contributed by atoms with Gasteiger partial charge in [-0.1, -0.05) is 48.4 Å². The molecule has 0 aliphatic carbocycles. The minimum Gasteiger partial charge on any atom is -0.402 e. The lowest BCUT2D eigenvalue weighted by molar-refractivity contribution is -0.165. The van der Waals surface area contributed by atoms with Gasteiger partial charge in [0, 0.05) is 0 Å². The first-order chi connectivity index (χ1) is 11.3. The van der Waals surface area contributed by atoms with E-state index in [1.807, 2.05) is 20.8 Å². The van der Waals surface area contributed by atoms with Gasteiger partial charge in [0.15, 0.2) is 0 Å². The van der Waals surface area contributed by atoms with Gasteiger partial charge in [0.05, 0.1) is 5.56 Å². The second-order valence-corrected chi connectivity index (χ2v) is 6.86. The van der Waals surface area contributed by atoms with Crippen LogP contribution in [0.5, 0.6) is 5.75 Å². The van der Waals surface area contributed by atoms with E-state index in [1.165, 1.54) is 12.1 Å². The Hall–Kier alpha value is -2.14. The van der Waals surface area contributed by atoms with Crippen LogP contribution in [0.1, 0.15) is 41.3 Å². The van der Waals surface area contributed by atoms with E-state index in [1.54, 1.807) is 36.4 Å². The Kier molecular flexibility index (Phi) is 5.78. The molecule has 0 bridgehead atoms. The molecule has 0 spiro atoms. The highest BCUT2D eigenvalue weighted by Crippen LogP contribution is 2.44. The monoisotopic (exact) mass is 350 g/mol. The van der Waals surface area contributed by atoms with E-state index in [2.05, 4.69) is 9.56 Å². The molecule has 7 heteroatoms. The van der Waals surface area contributed by atoms with E-state index in [9.17, 15) is 14.3 Å². The van der Waals surface area contributed by atoms with Gasteiger partial charge >= 0.3 is 13.8 Å². The number of rotatable bonds is 6. The van der Waals surface area contributed by atoms with Crippen molar-refractivity contribution in [2.45, 2.75) is 26.7 Å². The summed E-state index contributed by atoms with van der Waals surface area (Å²) < 4.78 is 20.9. The molecule has 1 unspecified atom stereocenters. The predicted octanol–water partition coefficient (Wildman–Crippen LogP) is 4.39. The van der Waals surface area contributed by atoms with E-state index in [0.717, 1.165) is 11.1 Å². The maximum atomic E-state index is 11.8. The van der Waals surface area contributed by atoms with Gasteiger partial charge in [-0.05, 0) is 42.7 Å². The van der Waals surface area contributed by atoms with Gasteiger partial charge in [-0.3, -0.25) is 9.78 Å². The van der Waals surface area contributed by atoms with Crippen LogP contribution >= 0.6 is 7.82 Å². The van der Waals surface area contributed by atoms with Gasteiger partial charge in [0.1, 0.15) is 5.75 Å². The summed E-state index contributed by atoms with van der Waals surface area (Å²) in [5, 5.41) is 0. The molecule has 2 rings (SSSR count). The Labute approximate surface area is 140 Å². The summed E-state index contributed by atoms with van der Waals surface area (Å²) in [4.78, 5) is 25.8. The number of hydrogen-bond donors (Lipinski definition) is 1. The third-order valence-corrected chi connectivity index (χ3v) is 3.97. The van der Waals surface area contributed by atoms with Crippen molar-refractivity contribution in [1.82, 2.24) is 0 Å². The van der Waals surface area contributed by atoms with Crippen molar-refractivity contribution in [1.29, 1.82) is 0 Å². The molecule has 0 saturated carbocycles. The first kappa shape index (κ1) is 18.2. The van der Waals surface area contributed by atoms with E-state index in [-0.39, 0.29) is 11.3 Å². The Balaban J connectivity index is 1.94. The van der Waals surface area contributed by atoms with Crippen molar-refractivity contribution in [3.8, 4) is 5.75 Å². The van der Waals surface area contributed by atoms with Gasteiger partial charge in [0.2, 0.25) is 0 Å². The molecule has 6 nitrogen and oxygen atoms in total. The third kappa shape index (κ3) is 5.20. The molecule has 128 valence electrons. The summed E-state index contributed by atoms with van der Waals surface area (Å²) in [6.45, 7) is 5.92. The fourth-order valence-electron chi connectivity index (χ4n) is 1.88. The van der Waals surface area contributed by atoms with E-state index in [0.29, 0.717) is 5.92 Å². The van der Waals surface area contributed by atoms with Crippen molar-refractivity contribution in [3.63, 3.8) is 0 Å². The maximum Gasteiger partial charge on any atom is 0.564 e. The number of aryl methyl sites for hydroxylation is 1. The van der Waals surface area contributed by atoms with E-state index < -0.39 is 13.8 Å². The summed E-state index contributed by atoms with van der Waals surface area (Å²) in [5.41, 5.74) is 2.23. The lowest BCUT2D eigenvalue weighted by Gasteiger charge is -2.12. The van der Waals surface area contributed by atoms with Gasteiger partial charge in [-0.15, -0.1) is 0 Å². The third-order valence-electron chi connectivity index (χ3n) is 3.26. The summed E-state index contributed by atoms with van der Waals surface area (Å²) in [6, 6.07) is 13.1. The second kappa shape index (κ2) is 7.62. The fourth-order valence-corrected chi connectivity index (χ4v) is 2.46. The molecule has 2 aromatic carbocycles. The molecule has 0 aliphatic heterocycles. The van der Waals surface area contributed by atoms with Crippen molar-refractivity contribution in [2.24, 2.45) is 0 Å². The highest BCUT2D eigenvalue weighted by molar-refractivity contribution is 7.47. The number of carbonyl (C=O) groups excluding carboxylic acids is 1. The lowest BCUT2D eigenvalue weighted by Crippen LogP contribution is -2.07. The maximum absolute atomic E-state index is 11.8. The summed E-state index contributed by atoms with van der Waals surface area (Å²) in [7, 11) is -4.57. The number of phosphoric acid groups is 1. The van der Waals surface area contributed by atoms with Gasteiger partial charge < -0.3 is 4.52 Å². The highest BCUT2D eigenvalue weighted by atomic mass is 31.2. The summed E-state index contributed by atoms with van der Waals surface area (Å²) >= 11 is 0. The number of hydrogen-bond acceptors (Lipinski definition) is 5. The van der Waals surface area contributed by atoms with Crippen molar-refractivity contribution in [2.75, 3.05) is 0 Å². The van der Waals surface area contributed by atoms with Crippen molar-refractivity contribution in [3.05, 3.63) is 65.2 Å². The Morgan fingerprint density at radius 3 is 2.17 bits per heavy atom. The van der Waals surface area contributed by atoms with E-state index in [4.69, 9.17) is 4.52 Å². The molecular formula is C17H19O6P. The molecule has 0 radical (unpaired) electrons. The van der Waals surface area contributed by atoms with Gasteiger partial charge in [0.25, 0.3) is 0 Å². The van der Waals surface area contributed by atoms with Crippen LogP contribution < -0.4 is 4.52 Å². The Morgan fingerprint density at radius 1 is 1.04 bits per heavy atom. The highest BCUT2D eigenvalue weighted by Gasteiger charge is 2.27.